The predicted molar refractivity (Wildman–Crippen MR) is 81.2 cm³/mol. The second kappa shape index (κ2) is 7.27. The van der Waals surface area contributed by atoms with Gasteiger partial charge in [-0.1, -0.05) is 26.0 Å². The second-order valence-electron chi connectivity index (χ2n) is 4.90. The number of ether oxygens (including phenoxy) is 1. The van der Waals surface area contributed by atoms with Crippen molar-refractivity contribution >= 4 is 0 Å². The fourth-order valence-corrected chi connectivity index (χ4v) is 2.58. The zero-order valence-electron chi connectivity index (χ0n) is 12.8. The van der Waals surface area contributed by atoms with E-state index in [0.29, 0.717) is 12.0 Å². The lowest BCUT2D eigenvalue weighted by atomic mass is 9.97. The fraction of sp³-hybridized carbons (Fsp3) is 0.412. The SMILES string of the molecule is CCNC(Cc1cccc(OC)c1F)c1ccoc1CC. The number of furan rings is 1. The number of rotatable bonds is 7. The van der Waals surface area contributed by atoms with Crippen LogP contribution in [-0.2, 0) is 12.8 Å². The van der Waals surface area contributed by atoms with E-state index in [-0.39, 0.29) is 17.6 Å². The first-order valence-corrected chi connectivity index (χ1v) is 7.32. The van der Waals surface area contributed by atoms with Crippen molar-refractivity contribution in [3.05, 3.63) is 53.2 Å². The van der Waals surface area contributed by atoms with Crippen LogP contribution >= 0.6 is 0 Å². The number of halogens is 1. The highest BCUT2D eigenvalue weighted by atomic mass is 19.1. The molecule has 1 atom stereocenters. The smallest absolute Gasteiger partial charge is 0.168 e. The van der Waals surface area contributed by atoms with E-state index in [0.717, 1.165) is 24.3 Å². The summed E-state index contributed by atoms with van der Waals surface area (Å²) >= 11 is 0. The molecule has 114 valence electrons. The zero-order valence-corrected chi connectivity index (χ0v) is 12.8. The van der Waals surface area contributed by atoms with E-state index in [9.17, 15) is 4.39 Å². The van der Waals surface area contributed by atoms with Crippen LogP contribution in [0.1, 0.15) is 36.8 Å². The molecule has 2 rings (SSSR count). The van der Waals surface area contributed by atoms with Gasteiger partial charge in [-0.25, -0.2) is 4.39 Å². The molecule has 0 aliphatic carbocycles. The van der Waals surface area contributed by atoms with Crippen molar-refractivity contribution in [3.63, 3.8) is 0 Å². The van der Waals surface area contributed by atoms with Crippen LogP contribution in [0.4, 0.5) is 4.39 Å². The summed E-state index contributed by atoms with van der Waals surface area (Å²) in [7, 11) is 1.48. The molecule has 0 aliphatic heterocycles. The lowest BCUT2D eigenvalue weighted by Crippen LogP contribution is -2.24. The molecule has 1 aromatic heterocycles. The Morgan fingerprint density at radius 1 is 1.29 bits per heavy atom. The predicted octanol–water partition coefficient (Wildman–Crippen LogP) is 3.88. The molecule has 2 aromatic rings. The maximum atomic E-state index is 14.3. The highest BCUT2D eigenvalue weighted by Crippen LogP contribution is 2.27. The average Bonchev–Trinajstić information content (AvgIpc) is 2.97. The van der Waals surface area contributed by atoms with Crippen LogP contribution in [-0.4, -0.2) is 13.7 Å². The minimum absolute atomic E-state index is 0.0327. The third-order valence-corrected chi connectivity index (χ3v) is 3.61. The summed E-state index contributed by atoms with van der Waals surface area (Å²) in [4.78, 5) is 0. The van der Waals surface area contributed by atoms with Gasteiger partial charge in [0.05, 0.1) is 13.4 Å². The molecule has 3 nitrogen and oxygen atoms in total. The quantitative estimate of drug-likeness (QED) is 0.840. The van der Waals surface area contributed by atoms with E-state index >= 15 is 0 Å². The number of hydrogen-bond acceptors (Lipinski definition) is 3. The van der Waals surface area contributed by atoms with Crippen LogP contribution in [0, 0.1) is 5.82 Å². The molecule has 1 N–H and O–H groups in total. The average molecular weight is 291 g/mol. The van der Waals surface area contributed by atoms with Crippen molar-refractivity contribution in [2.45, 2.75) is 32.7 Å². The number of nitrogens with one attached hydrogen (secondary N) is 1. The van der Waals surface area contributed by atoms with E-state index < -0.39 is 0 Å². The molecule has 0 spiro atoms. The number of aryl methyl sites for hydroxylation is 1. The first kappa shape index (κ1) is 15.6. The van der Waals surface area contributed by atoms with Crippen molar-refractivity contribution < 1.29 is 13.5 Å². The first-order valence-electron chi connectivity index (χ1n) is 7.32. The molecule has 0 saturated heterocycles. The van der Waals surface area contributed by atoms with Gasteiger partial charge in [-0.2, -0.15) is 0 Å². The lowest BCUT2D eigenvalue weighted by Gasteiger charge is -2.19. The third kappa shape index (κ3) is 3.45. The Hall–Kier alpha value is -1.81. The maximum absolute atomic E-state index is 14.3. The minimum Gasteiger partial charge on any atom is -0.494 e. The molecule has 0 bridgehead atoms. The number of hydrogen-bond donors (Lipinski definition) is 1. The second-order valence-corrected chi connectivity index (χ2v) is 4.90. The zero-order chi connectivity index (χ0) is 15.2. The summed E-state index contributed by atoms with van der Waals surface area (Å²) in [5, 5.41) is 3.41. The fourth-order valence-electron chi connectivity index (χ4n) is 2.58. The Kier molecular flexibility index (Phi) is 5.39. The van der Waals surface area contributed by atoms with Crippen molar-refractivity contribution in [3.8, 4) is 5.75 Å². The molecule has 1 aromatic carbocycles. The summed E-state index contributed by atoms with van der Waals surface area (Å²) in [5.41, 5.74) is 1.74. The third-order valence-electron chi connectivity index (χ3n) is 3.61. The molecule has 0 fully saturated rings. The van der Waals surface area contributed by atoms with E-state index in [1.807, 2.05) is 19.1 Å². The molecule has 0 amide bonds. The summed E-state index contributed by atoms with van der Waals surface area (Å²) in [6.45, 7) is 4.91. The van der Waals surface area contributed by atoms with Crippen LogP contribution < -0.4 is 10.1 Å². The van der Waals surface area contributed by atoms with Crippen LogP contribution in [0.3, 0.4) is 0 Å². The molecule has 1 unspecified atom stereocenters. The van der Waals surface area contributed by atoms with Gasteiger partial charge in [0.25, 0.3) is 0 Å². The Morgan fingerprint density at radius 2 is 2.10 bits per heavy atom. The van der Waals surface area contributed by atoms with Gasteiger partial charge in [0, 0.05) is 18.0 Å². The largest absolute Gasteiger partial charge is 0.494 e. The summed E-state index contributed by atoms with van der Waals surface area (Å²) in [5.74, 6) is 0.944. The standard InChI is InChI=1S/C17H22FNO2/c1-4-15-13(9-10-21-15)14(19-5-2)11-12-7-6-8-16(20-3)17(12)18/h6-10,14,19H,4-5,11H2,1-3H3. The van der Waals surface area contributed by atoms with E-state index in [1.54, 1.807) is 18.4 Å². The normalized spacial score (nSPS) is 12.4. The van der Waals surface area contributed by atoms with Gasteiger partial charge in [-0.05, 0) is 30.7 Å². The number of methoxy groups -OCH3 is 1. The van der Waals surface area contributed by atoms with E-state index in [2.05, 4.69) is 12.2 Å². The summed E-state index contributed by atoms with van der Waals surface area (Å²) in [6, 6.07) is 7.25. The molecule has 21 heavy (non-hydrogen) atoms. The number of benzene rings is 1. The van der Waals surface area contributed by atoms with Crippen LogP contribution in [0.2, 0.25) is 0 Å². The van der Waals surface area contributed by atoms with Crippen LogP contribution in [0.15, 0.2) is 34.9 Å². The van der Waals surface area contributed by atoms with Gasteiger partial charge in [0.1, 0.15) is 5.76 Å². The molecule has 1 heterocycles. The Labute approximate surface area is 125 Å². The Morgan fingerprint density at radius 3 is 2.76 bits per heavy atom. The van der Waals surface area contributed by atoms with Crippen molar-refractivity contribution in [1.82, 2.24) is 5.32 Å². The minimum atomic E-state index is -0.288. The molecular weight excluding hydrogens is 269 g/mol. The molecule has 0 radical (unpaired) electrons. The van der Waals surface area contributed by atoms with E-state index in [4.69, 9.17) is 9.15 Å². The van der Waals surface area contributed by atoms with Gasteiger partial charge in [0.2, 0.25) is 0 Å². The lowest BCUT2D eigenvalue weighted by molar-refractivity contribution is 0.382. The van der Waals surface area contributed by atoms with Gasteiger partial charge in [-0.3, -0.25) is 0 Å². The van der Waals surface area contributed by atoms with Gasteiger partial charge >= 0.3 is 0 Å². The molecule has 4 heteroatoms. The topological polar surface area (TPSA) is 34.4 Å². The summed E-state index contributed by atoms with van der Waals surface area (Å²) in [6.07, 6.45) is 3.08. The first-order chi connectivity index (χ1) is 10.2. The van der Waals surface area contributed by atoms with Crippen molar-refractivity contribution in [1.29, 1.82) is 0 Å². The van der Waals surface area contributed by atoms with E-state index in [1.165, 1.54) is 7.11 Å². The monoisotopic (exact) mass is 291 g/mol. The summed E-state index contributed by atoms with van der Waals surface area (Å²) < 4.78 is 24.9. The Balaban J connectivity index is 2.28. The Bertz CT molecular complexity index is 580. The van der Waals surface area contributed by atoms with Crippen LogP contribution in [0.25, 0.3) is 0 Å². The molecule has 0 saturated carbocycles. The highest BCUT2D eigenvalue weighted by Gasteiger charge is 2.19. The van der Waals surface area contributed by atoms with Crippen molar-refractivity contribution in [2.75, 3.05) is 13.7 Å². The highest BCUT2D eigenvalue weighted by molar-refractivity contribution is 5.33. The van der Waals surface area contributed by atoms with Gasteiger partial charge in [0.15, 0.2) is 11.6 Å². The molecular formula is C17H22FNO2. The van der Waals surface area contributed by atoms with Crippen LogP contribution in [0.5, 0.6) is 5.75 Å². The van der Waals surface area contributed by atoms with Crippen molar-refractivity contribution in [2.24, 2.45) is 0 Å². The molecule has 0 aliphatic rings. The van der Waals surface area contributed by atoms with Gasteiger partial charge < -0.3 is 14.5 Å². The number of likely N-dealkylation sites (N-methyl/N-ethyl adjacent to an activating group) is 1. The maximum Gasteiger partial charge on any atom is 0.168 e. The van der Waals surface area contributed by atoms with Gasteiger partial charge in [-0.15, -0.1) is 0 Å².